The maximum atomic E-state index is 14.7. The number of likely N-dealkylation sites (N-methyl/N-ethyl adjacent to an activating group) is 3. The van der Waals surface area contributed by atoms with E-state index < -0.39 is 71.8 Å². The molecule has 346 valence electrons. The maximum Gasteiger partial charge on any atom is 0.410 e. The Morgan fingerprint density at radius 3 is 2.06 bits per heavy atom. The molecule has 2 saturated carbocycles. The van der Waals surface area contributed by atoms with E-state index >= 15 is 0 Å². The number of amides is 3. The number of nitrogens with one attached hydrogen (secondary N) is 1. The largest absolute Gasteiger partial charge is 0.451 e. The van der Waals surface area contributed by atoms with Gasteiger partial charge in [0.1, 0.15) is 29.5 Å². The minimum Gasteiger partial charge on any atom is -0.451 e. The zero-order chi connectivity index (χ0) is 45.7. The summed E-state index contributed by atoms with van der Waals surface area (Å²) in [6, 6.07) is 0.524. The molecule has 2 heterocycles. The molecule has 3 amide bonds. The Balaban J connectivity index is 1.57. The first-order valence-electron chi connectivity index (χ1n) is 22.0. The predicted octanol–water partition coefficient (Wildman–Crippen LogP) is 4.46. The summed E-state index contributed by atoms with van der Waals surface area (Å²) < 4.78 is 28.3. The van der Waals surface area contributed by atoms with Crippen LogP contribution in [0, 0.1) is 17.8 Å². The van der Waals surface area contributed by atoms with Crippen molar-refractivity contribution < 1.29 is 52.5 Å². The van der Waals surface area contributed by atoms with Crippen molar-refractivity contribution in [2.24, 2.45) is 17.8 Å². The molecule has 4 rings (SSSR count). The summed E-state index contributed by atoms with van der Waals surface area (Å²) in [5.74, 6) is -2.19. The van der Waals surface area contributed by atoms with E-state index in [0.717, 1.165) is 37.9 Å². The maximum absolute atomic E-state index is 14.7. The quantitative estimate of drug-likeness (QED) is 0.0703. The summed E-state index contributed by atoms with van der Waals surface area (Å²) in [5.41, 5.74) is -0.216. The first kappa shape index (κ1) is 49.7. The molecule has 17 heteroatoms. The summed E-state index contributed by atoms with van der Waals surface area (Å²) >= 11 is 0. The molecule has 1 saturated heterocycles. The number of ether oxygens (including phenoxy) is 5. The molecule has 3 aliphatic rings. The van der Waals surface area contributed by atoms with Crippen LogP contribution in [0.2, 0.25) is 0 Å². The summed E-state index contributed by atoms with van der Waals surface area (Å²) in [6.45, 7) is 16.3. The van der Waals surface area contributed by atoms with Crippen LogP contribution >= 0.6 is 0 Å². The third kappa shape index (κ3) is 15.5. The van der Waals surface area contributed by atoms with Crippen molar-refractivity contribution in [1.29, 1.82) is 0 Å². The third-order valence-corrected chi connectivity index (χ3v) is 11.3. The molecule has 17 nitrogen and oxygen atoms in total. The van der Waals surface area contributed by atoms with Crippen molar-refractivity contribution in [2.45, 2.75) is 135 Å². The van der Waals surface area contributed by atoms with Gasteiger partial charge in [-0.05, 0) is 89.0 Å². The number of esters is 3. The number of carbonyl (C=O) groups excluding carboxylic acids is 6. The summed E-state index contributed by atoms with van der Waals surface area (Å²) in [4.78, 5) is 93.4. The SMILES string of the molecule is C=CNCOC(=O)[C@H](CCC1CC1)N(C)C(=O)[C@@H](C)OC(=O)[C@H](CC(C)C)N(C)C(=O)[C@@H](Cc1ccc(N2CCOCC2)nc1)OC(=O)[C@H](CC1CC1)N(C)C(=O)OC(C)(C)C. The number of hydrogen-bond acceptors (Lipinski definition) is 14. The van der Waals surface area contributed by atoms with Crippen LogP contribution in [-0.2, 0) is 54.1 Å². The molecule has 3 fully saturated rings. The zero-order valence-electron chi connectivity index (χ0n) is 38.3. The van der Waals surface area contributed by atoms with Gasteiger partial charge in [-0.3, -0.25) is 14.5 Å². The second kappa shape index (κ2) is 23.0. The van der Waals surface area contributed by atoms with E-state index in [1.807, 2.05) is 26.0 Å². The normalized spacial score (nSPS) is 17.7. The van der Waals surface area contributed by atoms with Crippen LogP contribution < -0.4 is 10.2 Å². The molecule has 0 radical (unpaired) electrons. The Labute approximate surface area is 367 Å². The van der Waals surface area contributed by atoms with Gasteiger partial charge in [-0.1, -0.05) is 52.2 Å². The van der Waals surface area contributed by atoms with Gasteiger partial charge in [-0.15, -0.1) is 0 Å². The second-order valence-electron chi connectivity index (χ2n) is 18.2. The fourth-order valence-corrected chi connectivity index (χ4v) is 7.19. The molecule has 0 bridgehead atoms. The fraction of sp³-hybridized carbons (Fsp3) is 0.711. The average Bonchev–Trinajstić information content (AvgIpc) is 4.17. The highest BCUT2D eigenvalue weighted by molar-refractivity contribution is 5.92. The lowest BCUT2D eigenvalue weighted by Gasteiger charge is -2.34. The molecule has 0 spiro atoms. The number of nitrogens with zero attached hydrogens (tertiary/aromatic N) is 5. The van der Waals surface area contributed by atoms with E-state index in [4.69, 9.17) is 23.7 Å². The topological polar surface area (TPSA) is 186 Å². The third-order valence-electron chi connectivity index (χ3n) is 11.3. The highest BCUT2D eigenvalue weighted by Crippen LogP contribution is 2.36. The lowest BCUT2D eigenvalue weighted by Crippen LogP contribution is -2.53. The molecule has 2 aliphatic carbocycles. The number of aromatic nitrogens is 1. The minimum absolute atomic E-state index is 0.0819. The van der Waals surface area contributed by atoms with Gasteiger partial charge in [0.15, 0.2) is 18.9 Å². The highest BCUT2D eigenvalue weighted by Gasteiger charge is 2.41. The second-order valence-corrected chi connectivity index (χ2v) is 18.2. The standard InChI is InChI=1S/C45H70N6O11/c1-11-46-28-59-41(54)34(18-16-31-12-13-31)48(8)39(52)30(4)60-42(55)35(24-29(2)3)49(9)40(53)37(26-33-17-19-38(47-27-33)51-20-22-58-23-21-51)61-43(56)36(25-32-14-15-32)50(10)44(57)62-45(5,6)7/h11,17,19,27,29-32,34-37,46H,1,12-16,18,20-26,28H2,2-10H3/t30-,34+,35+,36+,37-/m1/s1. The summed E-state index contributed by atoms with van der Waals surface area (Å²) in [7, 11) is 4.39. The molecule has 1 aromatic heterocycles. The van der Waals surface area contributed by atoms with Gasteiger partial charge in [-0.2, -0.15) is 0 Å². The van der Waals surface area contributed by atoms with E-state index in [2.05, 4.69) is 21.8 Å². The molecule has 1 aromatic rings. The number of carbonyl (C=O) groups is 6. The highest BCUT2D eigenvalue weighted by atomic mass is 16.6. The Morgan fingerprint density at radius 2 is 1.50 bits per heavy atom. The summed E-state index contributed by atoms with van der Waals surface area (Å²) in [5, 5.41) is 2.71. The van der Waals surface area contributed by atoms with Crippen molar-refractivity contribution in [3.63, 3.8) is 0 Å². The van der Waals surface area contributed by atoms with Gasteiger partial charge in [0.25, 0.3) is 11.8 Å². The Kier molecular flexibility index (Phi) is 18.4. The lowest BCUT2D eigenvalue weighted by atomic mass is 10.0. The lowest BCUT2D eigenvalue weighted by molar-refractivity contribution is -0.171. The van der Waals surface area contributed by atoms with Crippen LogP contribution in [-0.4, -0.2) is 146 Å². The van der Waals surface area contributed by atoms with Crippen LogP contribution in [0.25, 0.3) is 0 Å². The molecule has 0 unspecified atom stereocenters. The van der Waals surface area contributed by atoms with Crippen LogP contribution in [0.5, 0.6) is 0 Å². The van der Waals surface area contributed by atoms with E-state index in [0.29, 0.717) is 50.6 Å². The van der Waals surface area contributed by atoms with E-state index in [1.165, 1.54) is 49.0 Å². The molecular formula is C45H70N6O11. The molecule has 1 aliphatic heterocycles. The minimum atomic E-state index is -1.43. The van der Waals surface area contributed by atoms with Gasteiger partial charge in [0, 0.05) is 46.9 Å². The van der Waals surface area contributed by atoms with Crippen LogP contribution in [0.3, 0.4) is 0 Å². The van der Waals surface area contributed by atoms with Crippen LogP contribution in [0.1, 0.15) is 98.5 Å². The van der Waals surface area contributed by atoms with Gasteiger partial charge in [0.2, 0.25) is 0 Å². The number of hydrogen-bond donors (Lipinski definition) is 1. The van der Waals surface area contributed by atoms with Gasteiger partial charge in [0.05, 0.1) is 13.2 Å². The van der Waals surface area contributed by atoms with E-state index in [1.54, 1.807) is 27.0 Å². The van der Waals surface area contributed by atoms with Crippen LogP contribution in [0.4, 0.5) is 10.6 Å². The van der Waals surface area contributed by atoms with E-state index in [9.17, 15) is 28.8 Å². The molecule has 1 N–H and O–H groups in total. The van der Waals surface area contributed by atoms with Crippen molar-refractivity contribution in [2.75, 3.05) is 59.1 Å². The van der Waals surface area contributed by atoms with Crippen molar-refractivity contribution in [3.8, 4) is 0 Å². The van der Waals surface area contributed by atoms with E-state index in [-0.39, 0.29) is 31.4 Å². The smallest absolute Gasteiger partial charge is 0.410 e. The molecule has 5 atom stereocenters. The predicted molar refractivity (Wildman–Crippen MR) is 230 cm³/mol. The number of rotatable bonds is 23. The molecule has 62 heavy (non-hydrogen) atoms. The summed E-state index contributed by atoms with van der Waals surface area (Å²) in [6.07, 6.45) is 5.02. The fourth-order valence-electron chi connectivity index (χ4n) is 7.19. The van der Waals surface area contributed by atoms with Crippen molar-refractivity contribution >= 4 is 41.6 Å². The number of anilines is 1. The Bertz CT molecular complexity index is 1690. The van der Waals surface area contributed by atoms with Gasteiger partial charge < -0.3 is 43.7 Å². The van der Waals surface area contributed by atoms with Crippen molar-refractivity contribution in [1.82, 2.24) is 25.0 Å². The molecular weight excluding hydrogens is 801 g/mol. The van der Waals surface area contributed by atoms with Gasteiger partial charge >= 0.3 is 24.0 Å². The Morgan fingerprint density at radius 1 is 0.871 bits per heavy atom. The average molecular weight is 871 g/mol. The zero-order valence-corrected chi connectivity index (χ0v) is 38.3. The number of morpholine rings is 1. The first-order valence-corrected chi connectivity index (χ1v) is 22.0. The monoisotopic (exact) mass is 871 g/mol. The van der Waals surface area contributed by atoms with Crippen molar-refractivity contribution in [3.05, 3.63) is 36.7 Å². The number of pyridine rings is 1. The molecule has 0 aromatic carbocycles. The van der Waals surface area contributed by atoms with Gasteiger partial charge in [-0.25, -0.2) is 24.2 Å². The van der Waals surface area contributed by atoms with Crippen LogP contribution in [0.15, 0.2) is 31.1 Å². The first-order chi connectivity index (χ1) is 29.3. The Hall–Kier alpha value is -4.93.